The Bertz CT molecular complexity index is 1100. The smallest absolute Gasteiger partial charge is 0.354 e. The van der Waals surface area contributed by atoms with Crippen LogP contribution in [0.4, 0.5) is 0 Å². The van der Waals surface area contributed by atoms with Gasteiger partial charge in [-0.2, -0.15) is 0 Å². The van der Waals surface area contributed by atoms with Crippen LogP contribution in [-0.2, 0) is 9.53 Å². The first kappa shape index (κ1) is 25.8. The quantitative estimate of drug-likeness (QED) is 0.335. The second-order valence-corrected chi connectivity index (χ2v) is 9.98. The van der Waals surface area contributed by atoms with E-state index >= 15 is 0 Å². The van der Waals surface area contributed by atoms with Crippen molar-refractivity contribution in [3.63, 3.8) is 0 Å². The summed E-state index contributed by atoms with van der Waals surface area (Å²) in [5.74, 6) is 0.543. The molecule has 2 fully saturated rings. The molecule has 2 aliphatic heterocycles. The van der Waals surface area contributed by atoms with Gasteiger partial charge in [-0.05, 0) is 61.6 Å². The molecule has 0 unspecified atom stereocenters. The predicted molar refractivity (Wildman–Crippen MR) is 139 cm³/mol. The second-order valence-electron chi connectivity index (χ2n) is 9.98. The fourth-order valence-corrected chi connectivity index (χ4v) is 5.73. The molecule has 0 saturated carbocycles. The van der Waals surface area contributed by atoms with E-state index < -0.39 is 5.97 Å². The van der Waals surface area contributed by atoms with Crippen LogP contribution in [0.2, 0.25) is 0 Å². The molecular formula is C29H37N2O5+. The highest BCUT2D eigenvalue weighted by Crippen LogP contribution is 2.36. The first-order chi connectivity index (χ1) is 17.4. The number of esters is 1. The van der Waals surface area contributed by atoms with Gasteiger partial charge in [0.2, 0.25) is 0 Å². The summed E-state index contributed by atoms with van der Waals surface area (Å²) in [6.45, 7) is 2.77. The summed E-state index contributed by atoms with van der Waals surface area (Å²) in [6.07, 6.45) is 7.51. The van der Waals surface area contributed by atoms with Crippen LogP contribution in [0.3, 0.4) is 0 Å². The summed E-state index contributed by atoms with van der Waals surface area (Å²) in [5, 5.41) is 2.77. The third-order valence-electron chi connectivity index (χ3n) is 7.66. The van der Waals surface area contributed by atoms with Gasteiger partial charge in [0.15, 0.2) is 11.5 Å². The van der Waals surface area contributed by atoms with Gasteiger partial charge in [0.1, 0.15) is 12.3 Å². The van der Waals surface area contributed by atoms with Crippen LogP contribution in [0.5, 0.6) is 11.5 Å². The molecule has 0 bridgehead atoms. The lowest BCUT2D eigenvalue weighted by molar-refractivity contribution is -0.947. The molecule has 0 radical (unpaired) electrons. The summed E-state index contributed by atoms with van der Waals surface area (Å²) < 4.78 is 17.7. The number of amides is 1. The van der Waals surface area contributed by atoms with Crippen molar-refractivity contribution in [2.24, 2.45) is 5.92 Å². The first-order valence-electron chi connectivity index (χ1n) is 12.7. The predicted octanol–water partition coefficient (Wildman–Crippen LogP) is 4.43. The molecule has 2 aliphatic rings. The lowest BCUT2D eigenvalue weighted by Gasteiger charge is -2.51. The second kappa shape index (κ2) is 11.6. The number of piperidine rings is 2. The van der Waals surface area contributed by atoms with Gasteiger partial charge < -0.3 is 24.0 Å². The largest absolute Gasteiger partial charge is 0.493 e. The minimum Gasteiger partial charge on any atom is -0.493 e. The van der Waals surface area contributed by atoms with Crippen LogP contribution >= 0.6 is 0 Å². The molecule has 1 N–H and O–H groups in total. The van der Waals surface area contributed by atoms with Crippen molar-refractivity contribution in [3.8, 4) is 11.5 Å². The number of hydrogen-bond donors (Lipinski definition) is 1. The van der Waals surface area contributed by atoms with Crippen LogP contribution < -0.4 is 14.8 Å². The summed E-state index contributed by atoms with van der Waals surface area (Å²) in [7, 11) is 5.47. The van der Waals surface area contributed by atoms with Crippen LogP contribution in [0.15, 0.2) is 54.2 Å². The highest BCUT2D eigenvalue weighted by atomic mass is 16.5. The van der Waals surface area contributed by atoms with E-state index in [1.807, 2.05) is 6.07 Å². The summed E-state index contributed by atoms with van der Waals surface area (Å²) in [4.78, 5) is 26.2. The van der Waals surface area contributed by atoms with E-state index in [4.69, 9.17) is 14.2 Å². The van der Waals surface area contributed by atoms with Gasteiger partial charge >= 0.3 is 5.97 Å². The number of quaternary nitrogens is 1. The maximum atomic E-state index is 13.3. The normalized spacial score (nSPS) is 23.8. The topological polar surface area (TPSA) is 73.9 Å². The van der Waals surface area contributed by atoms with Gasteiger partial charge in [0.05, 0.1) is 40.4 Å². The van der Waals surface area contributed by atoms with Gasteiger partial charge in [0, 0.05) is 17.9 Å². The summed E-state index contributed by atoms with van der Waals surface area (Å²) in [5.41, 5.74) is 1.24. The van der Waals surface area contributed by atoms with E-state index in [9.17, 15) is 9.59 Å². The zero-order valence-corrected chi connectivity index (χ0v) is 21.5. The number of methoxy groups -OCH3 is 2. The minimum absolute atomic E-state index is 0.0905. The number of carbonyl (C=O) groups excluding carboxylic acids is 2. The Morgan fingerprint density at radius 2 is 1.72 bits per heavy atom. The number of ether oxygens (including phenoxy) is 3. The van der Waals surface area contributed by atoms with Crippen LogP contribution in [0.25, 0.3) is 6.08 Å². The molecule has 3 atom stereocenters. The van der Waals surface area contributed by atoms with Gasteiger partial charge in [0.25, 0.3) is 5.91 Å². The van der Waals surface area contributed by atoms with E-state index in [2.05, 4.69) is 12.4 Å². The standard InChI is InChI=1S/C29H36N2O5/c1-31-16-8-7-13-25(31)23(12-9-17-31)20-36-29(33)24(30-28(32)22-10-5-4-6-11-22)18-21-14-15-26(34-2)27(19-21)35-3/h4-6,10-11,14-15,18-19,23,25H,7-9,12-13,16-17,20H2,1-3H3/p+1/b24-18+/t23-,25+,31+/m0/s1. The average molecular weight is 494 g/mol. The van der Waals surface area contributed by atoms with Crippen LogP contribution in [-0.4, -0.2) is 63.4 Å². The molecule has 1 amide bonds. The number of carbonyl (C=O) groups is 2. The maximum absolute atomic E-state index is 13.3. The van der Waals surface area contributed by atoms with Crippen molar-refractivity contribution >= 4 is 18.0 Å². The third kappa shape index (κ3) is 5.90. The first-order valence-corrected chi connectivity index (χ1v) is 12.7. The lowest BCUT2D eigenvalue weighted by Crippen LogP contribution is -2.61. The molecule has 0 aromatic heterocycles. The number of nitrogens with one attached hydrogen (secondary N) is 1. The molecule has 0 aliphatic carbocycles. The zero-order valence-electron chi connectivity index (χ0n) is 21.5. The highest BCUT2D eigenvalue weighted by molar-refractivity contribution is 6.03. The molecule has 2 aromatic rings. The zero-order chi connectivity index (χ0) is 25.5. The molecule has 2 heterocycles. The van der Waals surface area contributed by atoms with Crippen molar-refractivity contribution in [3.05, 3.63) is 65.4 Å². The van der Waals surface area contributed by atoms with E-state index in [-0.39, 0.29) is 11.6 Å². The summed E-state index contributed by atoms with van der Waals surface area (Å²) >= 11 is 0. The van der Waals surface area contributed by atoms with Crippen molar-refractivity contribution in [2.45, 2.75) is 38.1 Å². The van der Waals surface area contributed by atoms with Gasteiger partial charge in [-0.15, -0.1) is 0 Å². The fourth-order valence-electron chi connectivity index (χ4n) is 5.73. The number of benzene rings is 2. The highest BCUT2D eigenvalue weighted by Gasteiger charge is 2.44. The SMILES string of the molecule is COc1ccc(/C=C(/NC(=O)c2ccccc2)C(=O)OC[C@@H]2CCC[N@@+]3(C)CCCC[C@H]23)cc1OC. The number of fused-ring (bicyclic) bond motifs is 1. The monoisotopic (exact) mass is 493 g/mol. The minimum atomic E-state index is -0.537. The van der Waals surface area contributed by atoms with Crippen molar-refractivity contribution in [1.82, 2.24) is 5.32 Å². The number of nitrogens with zero attached hydrogens (tertiary/aromatic N) is 1. The Morgan fingerprint density at radius 3 is 2.47 bits per heavy atom. The van der Waals surface area contributed by atoms with Crippen molar-refractivity contribution in [1.29, 1.82) is 0 Å². The maximum Gasteiger partial charge on any atom is 0.354 e. The van der Waals surface area contributed by atoms with Gasteiger partial charge in [-0.3, -0.25) is 4.79 Å². The Balaban J connectivity index is 1.54. The molecule has 36 heavy (non-hydrogen) atoms. The van der Waals surface area contributed by atoms with E-state index in [0.717, 1.165) is 17.3 Å². The van der Waals surface area contributed by atoms with Crippen LogP contribution in [0, 0.1) is 5.92 Å². The molecule has 4 rings (SSSR count). The summed E-state index contributed by atoms with van der Waals surface area (Å²) in [6, 6.07) is 14.7. The van der Waals surface area contributed by atoms with Gasteiger partial charge in [-0.1, -0.05) is 24.3 Å². The Kier molecular flexibility index (Phi) is 8.31. The fraction of sp³-hybridized carbons (Fsp3) is 0.448. The van der Waals surface area contributed by atoms with Crippen molar-refractivity contribution in [2.75, 3.05) is 41.0 Å². The van der Waals surface area contributed by atoms with Gasteiger partial charge in [-0.25, -0.2) is 4.79 Å². The van der Waals surface area contributed by atoms with Crippen LogP contribution in [0.1, 0.15) is 48.0 Å². The van der Waals surface area contributed by atoms with E-state index in [0.29, 0.717) is 41.2 Å². The third-order valence-corrected chi connectivity index (χ3v) is 7.66. The van der Waals surface area contributed by atoms with E-state index in [1.165, 1.54) is 32.4 Å². The molecule has 7 heteroatoms. The molecule has 2 saturated heterocycles. The average Bonchev–Trinajstić information content (AvgIpc) is 2.91. The number of hydrogen-bond acceptors (Lipinski definition) is 5. The molecule has 0 spiro atoms. The molecule has 2 aromatic carbocycles. The molecule has 192 valence electrons. The Morgan fingerprint density at radius 1 is 0.972 bits per heavy atom. The Hall–Kier alpha value is -3.32. The molecule has 7 nitrogen and oxygen atoms in total. The Labute approximate surface area is 213 Å². The van der Waals surface area contributed by atoms with Crippen molar-refractivity contribution < 1.29 is 28.3 Å². The molecular weight excluding hydrogens is 456 g/mol. The number of rotatable bonds is 8. The lowest BCUT2D eigenvalue weighted by atomic mass is 9.82. The van der Waals surface area contributed by atoms with E-state index in [1.54, 1.807) is 62.8 Å².